The van der Waals surface area contributed by atoms with Crippen molar-refractivity contribution < 1.29 is 18.8 Å². The number of nitrogens with one attached hydrogen (secondary N) is 1. The van der Waals surface area contributed by atoms with Crippen molar-refractivity contribution in [2.24, 2.45) is 0 Å². The fraction of sp³-hybridized carbons (Fsp3) is 0.308. The Labute approximate surface area is 105 Å². The summed E-state index contributed by atoms with van der Waals surface area (Å²) >= 11 is 0. The molecule has 0 spiro atoms. The Bertz CT molecular complexity index is 547. The lowest BCUT2D eigenvalue weighted by molar-refractivity contribution is 0.00738. The van der Waals surface area contributed by atoms with Crippen molar-refractivity contribution in [3.8, 4) is 0 Å². The van der Waals surface area contributed by atoms with E-state index in [0.717, 1.165) is 10.9 Å². The Morgan fingerprint density at radius 3 is 2.83 bits per heavy atom. The number of methoxy groups -OCH3 is 1. The van der Waals surface area contributed by atoms with Crippen molar-refractivity contribution >= 4 is 16.9 Å². The Hall–Kier alpha value is -1.85. The first kappa shape index (κ1) is 12.6. The number of carbonyl (C=O) groups is 1. The van der Waals surface area contributed by atoms with E-state index < -0.39 is 0 Å². The maximum Gasteiger partial charge on any atom is 0.310 e. The minimum Gasteiger partial charge on any atom is -0.451 e. The summed E-state index contributed by atoms with van der Waals surface area (Å²) in [6, 6.07) is 7.51. The van der Waals surface area contributed by atoms with Gasteiger partial charge in [-0.1, -0.05) is 18.2 Å². The first-order chi connectivity index (χ1) is 8.74. The molecule has 1 heterocycles. The van der Waals surface area contributed by atoms with E-state index in [1.165, 1.54) is 0 Å². The molecule has 0 aliphatic carbocycles. The van der Waals surface area contributed by atoms with Crippen LogP contribution in [0.4, 0.5) is 0 Å². The van der Waals surface area contributed by atoms with E-state index in [4.69, 9.17) is 14.0 Å². The monoisotopic (exact) mass is 249 g/mol. The Kier molecular flexibility index (Phi) is 3.96. The number of benzene rings is 1. The van der Waals surface area contributed by atoms with Crippen molar-refractivity contribution in [2.75, 3.05) is 20.3 Å². The summed E-state index contributed by atoms with van der Waals surface area (Å²) in [6.45, 7) is 2.55. The Morgan fingerprint density at radius 1 is 1.33 bits per heavy atom. The van der Waals surface area contributed by atoms with E-state index in [1.54, 1.807) is 7.11 Å². The highest BCUT2D eigenvalue weighted by Crippen LogP contribution is 2.24. The van der Waals surface area contributed by atoms with Crippen molar-refractivity contribution in [3.63, 3.8) is 0 Å². The van der Waals surface area contributed by atoms with Crippen molar-refractivity contribution in [1.29, 1.82) is 0 Å². The van der Waals surface area contributed by atoms with Crippen LogP contribution in [0.3, 0.4) is 0 Å². The molecule has 96 valence electrons. The fourth-order valence-electron chi connectivity index (χ4n) is 1.68. The van der Waals surface area contributed by atoms with Crippen LogP contribution in [0, 0.1) is 6.92 Å². The minimum absolute atomic E-state index is 0.272. The van der Waals surface area contributed by atoms with Gasteiger partial charge in [-0.25, -0.2) is 5.48 Å². The summed E-state index contributed by atoms with van der Waals surface area (Å²) in [7, 11) is 1.56. The van der Waals surface area contributed by atoms with Gasteiger partial charge in [0.2, 0.25) is 0 Å². The summed E-state index contributed by atoms with van der Waals surface area (Å²) in [6.07, 6.45) is 0. The van der Waals surface area contributed by atoms with Crippen molar-refractivity contribution in [1.82, 2.24) is 5.48 Å². The minimum atomic E-state index is -0.389. The molecule has 2 aromatic rings. The van der Waals surface area contributed by atoms with E-state index in [9.17, 15) is 4.79 Å². The molecule has 1 aromatic heterocycles. The molecule has 0 aliphatic heterocycles. The van der Waals surface area contributed by atoms with Gasteiger partial charge in [-0.15, -0.1) is 0 Å². The van der Waals surface area contributed by atoms with Gasteiger partial charge in [0.1, 0.15) is 5.58 Å². The van der Waals surface area contributed by atoms with Crippen LogP contribution in [0.5, 0.6) is 0 Å². The highest BCUT2D eigenvalue weighted by molar-refractivity contribution is 5.98. The number of fused-ring (bicyclic) bond motifs is 1. The maximum atomic E-state index is 11.8. The first-order valence-electron chi connectivity index (χ1n) is 5.63. The van der Waals surface area contributed by atoms with Gasteiger partial charge >= 0.3 is 5.91 Å². The number of para-hydroxylation sites is 1. The van der Waals surface area contributed by atoms with Gasteiger partial charge in [0.25, 0.3) is 0 Å². The average Bonchev–Trinajstić information content (AvgIpc) is 2.73. The zero-order chi connectivity index (χ0) is 13.0. The van der Waals surface area contributed by atoms with Crippen LogP contribution < -0.4 is 5.48 Å². The van der Waals surface area contributed by atoms with Gasteiger partial charge in [0.15, 0.2) is 5.76 Å². The van der Waals surface area contributed by atoms with Gasteiger partial charge in [-0.05, 0) is 13.0 Å². The SMILES string of the molecule is COCCONC(=O)c1oc2ccccc2c1C. The Balaban J connectivity index is 2.10. The first-order valence-corrected chi connectivity index (χ1v) is 5.63. The predicted molar refractivity (Wildman–Crippen MR) is 66.2 cm³/mol. The molecule has 0 saturated carbocycles. The van der Waals surface area contributed by atoms with Gasteiger partial charge in [-0.2, -0.15) is 0 Å². The van der Waals surface area contributed by atoms with Crippen LogP contribution in [0.25, 0.3) is 11.0 Å². The topological polar surface area (TPSA) is 60.7 Å². The predicted octanol–water partition coefficient (Wildman–Crippen LogP) is 2.05. The number of ether oxygens (including phenoxy) is 1. The van der Waals surface area contributed by atoms with Crippen LogP contribution in [-0.2, 0) is 9.57 Å². The number of hydrogen-bond acceptors (Lipinski definition) is 4. The highest BCUT2D eigenvalue weighted by atomic mass is 16.7. The van der Waals surface area contributed by atoms with Crippen LogP contribution in [-0.4, -0.2) is 26.2 Å². The van der Waals surface area contributed by atoms with Crippen LogP contribution in [0.1, 0.15) is 16.1 Å². The fourth-order valence-corrected chi connectivity index (χ4v) is 1.68. The Morgan fingerprint density at radius 2 is 2.11 bits per heavy atom. The van der Waals surface area contributed by atoms with E-state index in [-0.39, 0.29) is 11.7 Å². The van der Waals surface area contributed by atoms with E-state index in [2.05, 4.69) is 5.48 Å². The molecule has 0 fully saturated rings. The lowest BCUT2D eigenvalue weighted by Crippen LogP contribution is -2.25. The quantitative estimate of drug-likeness (QED) is 0.650. The number of amides is 1. The van der Waals surface area contributed by atoms with Crippen molar-refractivity contribution in [2.45, 2.75) is 6.92 Å². The van der Waals surface area contributed by atoms with Gasteiger partial charge in [0, 0.05) is 18.1 Å². The summed E-state index contributed by atoms with van der Waals surface area (Å²) in [5, 5.41) is 0.930. The smallest absolute Gasteiger partial charge is 0.310 e. The van der Waals surface area contributed by atoms with Gasteiger partial charge < -0.3 is 9.15 Å². The number of aryl methyl sites for hydroxylation is 1. The second-order valence-corrected chi connectivity index (χ2v) is 3.82. The number of rotatable bonds is 5. The van der Waals surface area contributed by atoms with Crippen LogP contribution in [0.2, 0.25) is 0 Å². The molecule has 0 unspecified atom stereocenters. The molecule has 0 atom stereocenters. The third-order valence-corrected chi connectivity index (χ3v) is 2.60. The number of furan rings is 1. The molecule has 5 heteroatoms. The zero-order valence-electron chi connectivity index (χ0n) is 10.4. The summed E-state index contributed by atoms with van der Waals surface area (Å²) < 4.78 is 10.3. The second kappa shape index (κ2) is 5.66. The van der Waals surface area contributed by atoms with E-state index >= 15 is 0 Å². The largest absolute Gasteiger partial charge is 0.451 e. The van der Waals surface area contributed by atoms with Gasteiger partial charge in [0.05, 0.1) is 13.2 Å². The van der Waals surface area contributed by atoms with Crippen LogP contribution >= 0.6 is 0 Å². The second-order valence-electron chi connectivity index (χ2n) is 3.82. The lowest BCUT2D eigenvalue weighted by Gasteiger charge is -2.03. The zero-order valence-corrected chi connectivity index (χ0v) is 10.4. The van der Waals surface area contributed by atoms with Crippen molar-refractivity contribution in [3.05, 3.63) is 35.6 Å². The maximum absolute atomic E-state index is 11.8. The molecular formula is C13H15NO4. The number of hydroxylamine groups is 1. The third-order valence-electron chi connectivity index (χ3n) is 2.60. The molecule has 1 amide bonds. The normalized spacial score (nSPS) is 10.8. The average molecular weight is 249 g/mol. The summed E-state index contributed by atoms with van der Waals surface area (Å²) in [5.41, 5.74) is 3.82. The molecule has 1 aromatic carbocycles. The standard InChI is InChI=1S/C13H15NO4/c1-9-10-5-3-4-6-11(10)18-12(9)13(15)14-17-8-7-16-2/h3-6H,7-8H2,1-2H3,(H,14,15). The van der Waals surface area contributed by atoms with E-state index in [1.807, 2.05) is 31.2 Å². The summed E-state index contributed by atoms with van der Waals surface area (Å²) in [5.74, 6) is -0.117. The van der Waals surface area contributed by atoms with E-state index in [0.29, 0.717) is 18.8 Å². The molecule has 0 aliphatic rings. The molecule has 1 N–H and O–H groups in total. The molecule has 0 saturated heterocycles. The molecule has 0 radical (unpaired) electrons. The highest BCUT2D eigenvalue weighted by Gasteiger charge is 2.17. The number of hydrogen-bond donors (Lipinski definition) is 1. The van der Waals surface area contributed by atoms with Gasteiger partial charge in [-0.3, -0.25) is 9.63 Å². The molecular weight excluding hydrogens is 234 g/mol. The molecule has 5 nitrogen and oxygen atoms in total. The molecule has 0 bridgehead atoms. The third kappa shape index (κ3) is 2.52. The van der Waals surface area contributed by atoms with Crippen LogP contribution in [0.15, 0.2) is 28.7 Å². The molecule has 18 heavy (non-hydrogen) atoms. The number of carbonyl (C=O) groups excluding carboxylic acids is 1. The summed E-state index contributed by atoms with van der Waals surface area (Å²) in [4.78, 5) is 16.8. The molecule has 2 rings (SSSR count). The lowest BCUT2D eigenvalue weighted by atomic mass is 10.1.